The number of anilines is 2. The third-order valence-corrected chi connectivity index (χ3v) is 87.6. The van der Waals surface area contributed by atoms with Crippen LogP contribution < -0.4 is 50.0 Å². The van der Waals surface area contributed by atoms with Crippen LogP contribution in [-0.4, -0.2) is 64.7 Å². The van der Waals surface area contributed by atoms with Gasteiger partial charge in [-0.25, -0.2) is 0 Å². The van der Waals surface area contributed by atoms with Crippen LogP contribution in [-0.2, 0) is 41.0 Å². The van der Waals surface area contributed by atoms with E-state index in [4.69, 9.17) is 18.9 Å². The van der Waals surface area contributed by atoms with E-state index in [0.29, 0.717) is 4.31 Å². The number of para-hydroxylation sites is 2. The monoisotopic (exact) mass is 1160 g/mol. The van der Waals surface area contributed by atoms with E-state index in [9.17, 15) is 0 Å². The molecule has 6 aromatic carbocycles. The van der Waals surface area contributed by atoms with Crippen molar-refractivity contribution in [1.82, 2.24) is 0 Å². The second-order valence-electron chi connectivity index (χ2n) is 32.8. The summed E-state index contributed by atoms with van der Waals surface area (Å²) in [4.78, 5) is 9.95. The molecule has 10 aliphatic rings. The molecule has 6 aromatic rings. The molecule has 10 heterocycles. The molecule has 0 radical (unpaired) electrons. The summed E-state index contributed by atoms with van der Waals surface area (Å²) in [5.74, 6) is 4.02. The van der Waals surface area contributed by atoms with Crippen molar-refractivity contribution in [3.8, 4) is 23.0 Å². The predicted octanol–water partition coefficient (Wildman–Crippen LogP) is 16.0. The van der Waals surface area contributed by atoms with Gasteiger partial charge < -0.3 is 0 Å². The molecule has 8 unspecified atom stereocenters. The average molecular weight is 1170 g/mol. The zero-order chi connectivity index (χ0) is 57.7. The van der Waals surface area contributed by atoms with Gasteiger partial charge in [-0.2, -0.15) is 0 Å². The van der Waals surface area contributed by atoms with E-state index in [1.165, 1.54) is 46.5 Å². The molecule has 10 fully saturated rings. The van der Waals surface area contributed by atoms with Crippen molar-refractivity contribution >= 4 is 48.4 Å². The molecule has 6 nitrogen and oxygen atoms in total. The Morgan fingerprint density at radius 2 is 0.704 bits per heavy atom. The Kier molecular flexibility index (Phi) is 7.27. The number of hydrogen-bond donors (Lipinski definition) is 0. The zero-order valence-corrected chi connectivity index (χ0v) is 55.1. The van der Waals surface area contributed by atoms with E-state index in [-0.39, 0.29) is 34.1 Å². The maximum atomic E-state index is 6.39. The summed E-state index contributed by atoms with van der Waals surface area (Å²) in [7, 11) is 14.8. The summed E-state index contributed by atoms with van der Waals surface area (Å²) >= 11 is 0. The molecular formula is C72H90FeN2O4P2. The second-order valence-corrected chi connectivity index (χ2v) is 61.1. The predicted molar refractivity (Wildman–Crippen MR) is 341 cm³/mol. The van der Waals surface area contributed by atoms with E-state index >= 15 is 0 Å². The van der Waals surface area contributed by atoms with Gasteiger partial charge in [0.15, 0.2) is 0 Å². The van der Waals surface area contributed by atoms with Crippen LogP contribution >= 0.6 is 15.8 Å². The van der Waals surface area contributed by atoms with Crippen LogP contribution in [0.1, 0.15) is 116 Å². The van der Waals surface area contributed by atoms with Crippen LogP contribution in [0.4, 0.5) is 11.4 Å². The summed E-state index contributed by atoms with van der Waals surface area (Å²) in [6.45, 7) is 23.2. The standard InChI is InChI=1S/C58H74NO4P2.C14H16N.Fe/c1-55(2,3)44-34-39(23-27-49(44)60-15)64(40-24-28-50(61-16)45(35-40)56(4,5)6)53-31-32-54(43(53)33-38-21-19-20-22-48(38)59(13)14)65(41-25-29-51(62-17)46(36-41)57(7,8)9)42-26-30-52(63-18)47(37-42)58(10,11)12;1-15(2)14-10-6-5-9-13(14)11-12-7-3-4-8-12;/h19-32,34-37H,33H2,1-18H3;3-10H,11H2,1-2H3;. The Bertz CT molecular complexity index is 3940. The first-order chi connectivity index (χ1) is 37.9. The van der Waals surface area contributed by atoms with Crippen molar-refractivity contribution in [2.24, 2.45) is 0 Å². The molecule has 0 aromatic heterocycles. The third-order valence-electron chi connectivity index (χ3n) is 29.1. The van der Waals surface area contributed by atoms with Crippen molar-refractivity contribution in [1.29, 1.82) is 0 Å². The van der Waals surface area contributed by atoms with Gasteiger partial charge in [-0.3, -0.25) is 0 Å². The molecule has 0 aliphatic carbocycles. The van der Waals surface area contributed by atoms with Gasteiger partial charge >= 0.3 is 481 Å². The molecule has 10 saturated heterocycles. The molecule has 8 atom stereocenters. The van der Waals surface area contributed by atoms with Gasteiger partial charge in [0.1, 0.15) is 0 Å². The molecule has 0 saturated carbocycles. The topological polar surface area (TPSA) is 43.4 Å². The summed E-state index contributed by atoms with van der Waals surface area (Å²) in [5.41, 5.74) is 10.8. The summed E-state index contributed by atoms with van der Waals surface area (Å²) in [6, 6.07) is 50.2. The van der Waals surface area contributed by atoms with Crippen molar-refractivity contribution < 1.29 is 25.5 Å². The number of ether oxygens (including phenoxy) is 4. The van der Waals surface area contributed by atoms with Crippen molar-refractivity contribution in [2.45, 2.75) is 163 Å². The minimum absolute atomic E-state index is 0.124. The first kappa shape index (κ1) is 52.1. The maximum absolute atomic E-state index is 6.39. The van der Waals surface area contributed by atoms with Crippen LogP contribution in [0.5, 0.6) is 23.0 Å². The number of nitrogens with zero attached hydrogens (tertiary/aromatic N) is 2. The van der Waals surface area contributed by atoms with Gasteiger partial charge in [-0.1, -0.05) is 0 Å². The van der Waals surface area contributed by atoms with Crippen LogP contribution in [0.3, 0.4) is 0 Å². The van der Waals surface area contributed by atoms with Crippen molar-refractivity contribution in [3.63, 3.8) is 0 Å². The number of methoxy groups -OCH3 is 4. The van der Waals surface area contributed by atoms with E-state index in [2.05, 4.69) is 242 Å². The molecule has 0 amide bonds. The average Bonchev–Trinajstić information content (AvgIpc) is 1.02. The first-order valence-corrected chi connectivity index (χ1v) is 38.7. The van der Waals surface area contributed by atoms with Crippen LogP contribution in [0.25, 0.3) is 0 Å². The fourth-order valence-electron chi connectivity index (χ4n) is 29.7. The molecular weight excluding hydrogens is 1070 g/mol. The van der Waals surface area contributed by atoms with Gasteiger partial charge in [0, 0.05) is 0 Å². The molecule has 16 rings (SSSR count). The Morgan fingerprint density at radius 1 is 0.407 bits per heavy atom. The van der Waals surface area contributed by atoms with Crippen molar-refractivity contribution in [2.75, 3.05) is 66.4 Å². The number of rotatable bonds is 16. The van der Waals surface area contributed by atoms with Gasteiger partial charge in [0.2, 0.25) is 0 Å². The minimum atomic E-state index is -5.56. The van der Waals surface area contributed by atoms with Gasteiger partial charge in [0.05, 0.1) is 0 Å². The molecule has 81 heavy (non-hydrogen) atoms. The fraction of sp³-hybridized carbons (Fsp3) is 0.500. The third kappa shape index (κ3) is 2.53. The molecule has 1 spiro atoms. The Balaban J connectivity index is 1.09. The normalized spacial score (nSPS) is 37.8. The zero-order valence-electron chi connectivity index (χ0n) is 52.2. The summed E-state index contributed by atoms with van der Waals surface area (Å²) in [6.07, 6.45) is 2.40. The Labute approximate surface area is 478 Å². The second kappa shape index (κ2) is 11.3. The Hall–Kier alpha value is -4.50. The van der Waals surface area contributed by atoms with E-state index in [1.54, 1.807) is 32.3 Å². The van der Waals surface area contributed by atoms with Crippen LogP contribution in [0, 0.1) is 0 Å². The SMILES string of the molecule is COc1ccc(P(c2ccc(OC)c(C(C)(C)C)c2)[C]23[CH]4[CH]5[C]6(P(c7ccc(OC)c(C(C)(C)C)c7)c7ccc(OC)c(C(C)(C)C)c7)[C]2(Cc2ccccc2N(C)C)[Fe]45362789[CH]3[CH]2[CH]7[C]8(Cc2ccccc2N(C)C)[CH]39)cc1C(C)(C)C. The quantitative estimate of drug-likeness (QED) is 0.0711. The molecule has 10 aliphatic heterocycles. The Morgan fingerprint density at radius 3 is 0.975 bits per heavy atom. The van der Waals surface area contributed by atoms with Gasteiger partial charge in [-0.15, -0.1) is 0 Å². The molecule has 0 N–H and O–H groups in total. The molecule has 9 heteroatoms. The number of hydrogen-bond acceptors (Lipinski definition) is 6. The number of benzene rings is 6. The fourth-order valence-corrected chi connectivity index (χ4v) is 140. The summed E-state index contributed by atoms with van der Waals surface area (Å²) < 4.78 is 26.5. The summed E-state index contributed by atoms with van der Waals surface area (Å²) in [5, 5.41) is 6.32. The first-order valence-electron chi connectivity index (χ1n) is 30.0. The van der Waals surface area contributed by atoms with Crippen LogP contribution in [0.2, 0.25) is 37.5 Å². The van der Waals surface area contributed by atoms with Gasteiger partial charge in [0.25, 0.3) is 0 Å². The number of fused-ring (bicyclic) bond motifs is 10. The van der Waals surface area contributed by atoms with E-state index < -0.39 is 22.4 Å². The van der Waals surface area contributed by atoms with Crippen molar-refractivity contribution in [3.05, 3.63) is 155 Å². The molecule has 0 bridgehead atoms. The van der Waals surface area contributed by atoms with Gasteiger partial charge in [-0.05, 0) is 0 Å². The van der Waals surface area contributed by atoms with E-state index in [0.717, 1.165) is 51.9 Å². The molecule has 430 valence electrons. The van der Waals surface area contributed by atoms with Crippen LogP contribution in [0.15, 0.2) is 121 Å². The van der Waals surface area contributed by atoms with E-state index in [1.807, 2.05) is 28.4 Å².